The normalized spacial score (nSPS) is 23.1. The minimum absolute atomic E-state index is 0.661. The average molecular weight is 251 g/mol. The molecule has 1 aromatic rings. The van der Waals surface area contributed by atoms with Crippen LogP contribution in [0, 0.1) is 0 Å². The van der Waals surface area contributed by atoms with Gasteiger partial charge in [0.05, 0.1) is 0 Å². The van der Waals surface area contributed by atoms with E-state index in [0.717, 1.165) is 5.95 Å². The summed E-state index contributed by atoms with van der Waals surface area (Å²) in [6.45, 7) is 0. The lowest BCUT2D eigenvalue weighted by atomic mass is 10.1. The average Bonchev–Trinajstić information content (AvgIpc) is 3.02. The van der Waals surface area contributed by atoms with Crippen LogP contribution in [0.2, 0.25) is 0 Å². The molecule has 0 atom stereocenters. The molecule has 0 spiro atoms. The molecule has 1 saturated carbocycles. The molecule has 4 heteroatoms. The summed E-state index contributed by atoms with van der Waals surface area (Å²) in [5.41, 5.74) is 0. The van der Waals surface area contributed by atoms with Crippen LogP contribution in [-0.4, -0.2) is 27.1 Å². The smallest absolute Gasteiger partial charge is 0.203 e. The van der Waals surface area contributed by atoms with Crippen LogP contribution in [0.3, 0.4) is 0 Å². The van der Waals surface area contributed by atoms with Crippen LogP contribution in [0.15, 0.2) is 12.4 Å². The molecule has 1 saturated heterocycles. The van der Waals surface area contributed by atoms with Crippen LogP contribution < -0.4 is 5.32 Å². The number of anilines is 1. The van der Waals surface area contributed by atoms with Gasteiger partial charge in [-0.1, -0.05) is 12.8 Å². The maximum Gasteiger partial charge on any atom is 0.203 e. The molecular formula is C13H21N3S. The van der Waals surface area contributed by atoms with E-state index >= 15 is 0 Å². The van der Waals surface area contributed by atoms with Crippen molar-refractivity contribution in [1.29, 1.82) is 0 Å². The molecule has 2 heterocycles. The molecule has 2 fully saturated rings. The van der Waals surface area contributed by atoms with Gasteiger partial charge in [0.15, 0.2) is 0 Å². The first-order valence-electron chi connectivity index (χ1n) is 6.80. The van der Waals surface area contributed by atoms with Gasteiger partial charge >= 0.3 is 0 Å². The van der Waals surface area contributed by atoms with Crippen molar-refractivity contribution in [3.8, 4) is 0 Å². The maximum absolute atomic E-state index is 4.50. The Hall–Kier alpha value is -0.640. The molecule has 94 valence electrons. The van der Waals surface area contributed by atoms with Gasteiger partial charge in [-0.15, -0.1) is 0 Å². The molecule has 1 aliphatic heterocycles. The molecule has 3 rings (SSSR count). The van der Waals surface area contributed by atoms with E-state index < -0.39 is 0 Å². The third-order valence-electron chi connectivity index (χ3n) is 3.94. The lowest BCUT2D eigenvalue weighted by Crippen LogP contribution is -2.21. The number of hydrogen-bond acceptors (Lipinski definition) is 3. The number of rotatable bonds is 3. The minimum atomic E-state index is 0.661. The fourth-order valence-corrected chi connectivity index (χ4v) is 4.02. The topological polar surface area (TPSA) is 29.9 Å². The van der Waals surface area contributed by atoms with Crippen molar-refractivity contribution in [2.45, 2.75) is 50.6 Å². The molecule has 0 amide bonds. The summed E-state index contributed by atoms with van der Waals surface area (Å²) < 4.78 is 2.37. The van der Waals surface area contributed by atoms with Gasteiger partial charge in [0.1, 0.15) is 0 Å². The lowest BCUT2D eigenvalue weighted by molar-refractivity contribution is 0.471. The van der Waals surface area contributed by atoms with Crippen LogP contribution >= 0.6 is 11.8 Å². The standard InChI is InChI=1S/C13H21N3S/c1-2-4-11(3-1)15-13-14-7-8-16(13)12-5-9-17-10-6-12/h7-8,11-12H,1-6,9-10H2,(H,14,15). The van der Waals surface area contributed by atoms with Crippen LogP contribution in [-0.2, 0) is 0 Å². The Morgan fingerprint density at radius 3 is 2.71 bits per heavy atom. The summed E-state index contributed by atoms with van der Waals surface area (Å²) in [5.74, 6) is 3.70. The minimum Gasteiger partial charge on any atom is -0.353 e. The molecule has 3 nitrogen and oxygen atoms in total. The van der Waals surface area contributed by atoms with Crippen molar-refractivity contribution < 1.29 is 0 Å². The van der Waals surface area contributed by atoms with Crippen LogP contribution in [0.25, 0.3) is 0 Å². The van der Waals surface area contributed by atoms with E-state index in [1.165, 1.54) is 50.0 Å². The molecule has 0 bridgehead atoms. The Bertz CT molecular complexity index is 351. The van der Waals surface area contributed by atoms with Gasteiger partial charge in [0.2, 0.25) is 5.95 Å². The number of nitrogens with one attached hydrogen (secondary N) is 1. The highest BCUT2D eigenvalue weighted by atomic mass is 32.2. The van der Waals surface area contributed by atoms with Crippen LogP contribution in [0.5, 0.6) is 0 Å². The second-order valence-corrected chi connectivity index (χ2v) is 6.35. The zero-order valence-electron chi connectivity index (χ0n) is 10.3. The first-order valence-corrected chi connectivity index (χ1v) is 7.96. The summed E-state index contributed by atoms with van der Waals surface area (Å²) in [6.07, 6.45) is 12.1. The van der Waals surface area contributed by atoms with Gasteiger partial charge in [0, 0.05) is 24.5 Å². The van der Waals surface area contributed by atoms with Crippen molar-refractivity contribution in [3.05, 3.63) is 12.4 Å². The number of thioether (sulfide) groups is 1. The highest BCUT2D eigenvalue weighted by Gasteiger charge is 2.21. The molecule has 0 unspecified atom stereocenters. The van der Waals surface area contributed by atoms with E-state index in [1.54, 1.807) is 0 Å². The third-order valence-corrected chi connectivity index (χ3v) is 4.99. The lowest BCUT2D eigenvalue weighted by Gasteiger charge is -2.25. The first-order chi connectivity index (χ1) is 8.43. The van der Waals surface area contributed by atoms with Crippen LogP contribution in [0.1, 0.15) is 44.6 Å². The molecule has 17 heavy (non-hydrogen) atoms. The van der Waals surface area contributed by atoms with E-state index in [2.05, 4.69) is 32.8 Å². The van der Waals surface area contributed by atoms with E-state index in [-0.39, 0.29) is 0 Å². The van der Waals surface area contributed by atoms with Gasteiger partial charge in [-0.05, 0) is 37.2 Å². The van der Waals surface area contributed by atoms with E-state index in [9.17, 15) is 0 Å². The highest BCUT2D eigenvalue weighted by Crippen LogP contribution is 2.30. The summed E-state index contributed by atoms with van der Waals surface area (Å²) in [7, 11) is 0. The van der Waals surface area contributed by atoms with Gasteiger partial charge in [0.25, 0.3) is 0 Å². The van der Waals surface area contributed by atoms with Gasteiger partial charge in [-0.2, -0.15) is 11.8 Å². The van der Waals surface area contributed by atoms with Crippen molar-refractivity contribution in [3.63, 3.8) is 0 Å². The molecule has 1 aromatic heterocycles. The maximum atomic E-state index is 4.50. The van der Waals surface area contributed by atoms with E-state index in [1.807, 2.05) is 6.20 Å². The Labute approximate surface area is 107 Å². The molecule has 1 aliphatic carbocycles. The van der Waals surface area contributed by atoms with Gasteiger partial charge in [-0.3, -0.25) is 0 Å². The Balaban J connectivity index is 1.69. The SMILES string of the molecule is c1cn(C2CCSCC2)c(NC2CCCC2)n1. The number of nitrogens with zero attached hydrogens (tertiary/aromatic N) is 2. The second-order valence-electron chi connectivity index (χ2n) is 5.13. The second kappa shape index (κ2) is 5.34. The largest absolute Gasteiger partial charge is 0.353 e. The molecule has 0 radical (unpaired) electrons. The van der Waals surface area contributed by atoms with Crippen molar-refractivity contribution in [2.24, 2.45) is 0 Å². The highest BCUT2D eigenvalue weighted by molar-refractivity contribution is 7.99. The van der Waals surface area contributed by atoms with Crippen molar-refractivity contribution >= 4 is 17.7 Å². The van der Waals surface area contributed by atoms with Gasteiger partial charge in [-0.25, -0.2) is 4.98 Å². The van der Waals surface area contributed by atoms with E-state index in [0.29, 0.717) is 12.1 Å². The zero-order valence-corrected chi connectivity index (χ0v) is 11.1. The number of aromatic nitrogens is 2. The Morgan fingerprint density at radius 1 is 1.18 bits per heavy atom. The van der Waals surface area contributed by atoms with Crippen molar-refractivity contribution in [1.82, 2.24) is 9.55 Å². The summed E-state index contributed by atoms with van der Waals surface area (Å²) in [5, 5.41) is 3.63. The molecule has 1 N–H and O–H groups in total. The van der Waals surface area contributed by atoms with Crippen LogP contribution in [0.4, 0.5) is 5.95 Å². The Morgan fingerprint density at radius 2 is 1.94 bits per heavy atom. The van der Waals surface area contributed by atoms with Crippen molar-refractivity contribution in [2.75, 3.05) is 16.8 Å². The fraction of sp³-hybridized carbons (Fsp3) is 0.769. The number of imidazole rings is 1. The first kappa shape index (κ1) is 11.5. The Kier molecular flexibility index (Phi) is 3.60. The summed E-state index contributed by atoms with van der Waals surface area (Å²) in [4.78, 5) is 4.50. The number of hydrogen-bond donors (Lipinski definition) is 1. The summed E-state index contributed by atoms with van der Waals surface area (Å²) in [6, 6.07) is 1.33. The zero-order chi connectivity index (χ0) is 11.5. The predicted molar refractivity (Wildman–Crippen MR) is 73.7 cm³/mol. The third kappa shape index (κ3) is 2.62. The molecule has 0 aromatic carbocycles. The fourth-order valence-electron chi connectivity index (χ4n) is 2.94. The van der Waals surface area contributed by atoms with E-state index in [4.69, 9.17) is 0 Å². The van der Waals surface area contributed by atoms with Gasteiger partial charge < -0.3 is 9.88 Å². The predicted octanol–water partition coefficient (Wildman–Crippen LogP) is 3.31. The monoisotopic (exact) mass is 251 g/mol. The summed E-state index contributed by atoms with van der Waals surface area (Å²) >= 11 is 2.08. The molecule has 2 aliphatic rings. The quantitative estimate of drug-likeness (QED) is 0.894. The molecular weight excluding hydrogens is 230 g/mol.